The van der Waals surface area contributed by atoms with Gasteiger partial charge in [-0.15, -0.1) is 0 Å². The summed E-state index contributed by atoms with van der Waals surface area (Å²) in [5.74, 6) is 0.331. The van der Waals surface area contributed by atoms with Crippen molar-refractivity contribution in [1.29, 1.82) is 0 Å². The highest BCUT2D eigenvalue weighted by atomic mass is 79.9. The summed E-state index contributed by atoms with van der Waals surface area (Å²) in [5, 5.41) is 9.13. The molecule has 1 atom stereocenters. The second-order valence-corrected chi connectivity index (χ2v) is 10.3. The molecule has 10 heteroatoms. The van der Waals surface area contributed by atoms with E-state index in [1.807, 2.05) is 13.8 Å². The summed E-state index contributed by atoms with van der Waals surface area (Å²) in [6.07, 6.45) is -5.60. The molecule has 0 bridgehead atoms. The number of alkyl halides is 3. The van der Waals surface area contributed by atoms with Gasteiger partial charge >= 0.3 is 12.1 Å². The van der Waals surface area contributed by atoms with Crippen molar-refractivity contribution < 1.29 is 37.3 Å². The first-order valence-corrected chi connectivity index (χ1v) is 12.7. The maximum Gasteiger partial charge on any atom is 0.416 e. The molecule has 0 saturated carbocycles. The van der Waals surface area contributed by atoms with E-state index in [0.717, 1.165) is 17.7 Å². The SMILES string of the molecule is COc1cc(C(OC)c2cccc(C(F)(F)F)c2)c(Oc2c(Br)cc(CC(=O)O)cc2Br)cc1C(C)C. The van der Waals surface area contributed by atoms with Crippen molar-refractivity contribution in [1.82, 2.24) is 0 Å². The molecule has 1 N–H and O–H groups in total. The summed E-state index contributed by atoms with van der Waals surface area (Å²) >= 11 is 6.89. The summed E-state index contributed by atoms with van der Waals surface area (Å²) in [6.45, 7) is 3.96. The maximum atomic E-state index is 13.4. The fraction of sp³-hybridized carbons (Fsp3) is 0.296. The van der Waals surface area contributed by atoms with Gasteiger partial charge in [0, 0.05) is 18.2 Å². The van der Waals surface area contributed by atoms with E-state index in [2.05, 4.69) is 31.9 Å². The Morgan fingerprint density at radius 3 is 2.11 bits per heavy atom. The van der Waals surface area contributed by atoms with Gasteiger partial charge in [-0.3, -0.25) is 4.79 Å². The Hall–Kier alpha value is -2.56. The van der Waals surface area contributed by atoms with Crippen LogP contribution in [0.1, 0.15) is 53.7 Å². The van der Waals surface area contributed by atoms with Crippen molar-refractivity contribution in [3.8, 4) is 17.2 Å². The van der Waals surface area contributed by atoms with E-state index in [4.69, 9.17) is 19.3 Å². The van der Waals surface area contributed by atoms with Gasteiger partial charge in [0.15, 0.2) is 5.75 Å². The van der Waals surface area contributed by atoms with Crippen molar-refractivity contribution in [2.24, 2.45) is 0 Å². The van der Waals surface area contributed by atoms with Crippen LogP contribution in [0.5, 0.6) is 17.2 Å². The molecule has 0 aliphatic heterocycles. The highest BCUT2D eigenvalue weighted by Gasteiger charge is 2.32. The monoisotopic (exact) mass is 644 g/mol. The van der Waals surface area contributed by atoms with Crippen molar-refractivity contribution in [3.05, 3.63) is 85.3 Å². The molecule has 0 amide bonds. The van der Waals surface area contributed by atoms with Gasteiger partial charge in [-0.05, 0) is 85.3 Å². The second-order valence-electron chi connectivity index (χ2n) is 8.59. The van der Waals surface area contributed by atoms with Crippen LogP contribution in [0, 0.1) is 0 Å². The van der Waals surface area contributed by atoms with E-state index < -0.39 is 23.8 Å². The normalized spacial score (nSPS) is 12.5. The molecule has 37 heavy (non-hydrogen) atoms. The van der Waals surface area contributed by atoms with Crippen molar-refractivity contribution in [2.75, 3.05) is 14.2 Å². The van der Waals surface area contributed by atoms with Crippen molar-refractivity contribution >= 4 is 37.8 Å². The number of methoxy groups -OCH3 is 2. The Kier molecular flexibility index (Phi) is 9.31. The van der Waals surface area contributed by atoms with E-state index in [0.29, 0.717) is 37.3 Å². The van der Waals surface area contributed by atoms with Gasteiger partial charge in [0.2, 0.25) is 0 Å². The summed E-state index contributed by atoms with van der Waals surface area (Å²) in [5.41, 5.74) is 1.33. The lowest BCUT2D eigenvalue weighted by atomic mass is 9.94. The summed E-state index contributed by atoms with van der Waals surface area (Å²) in [7, 11) is 2.93. The molecular formula is C27H25Br2F3O5. The third-order valence-electron chi connectivity index (χ3n) is 5.64. The zero-order chi connectivity index (χ0) is 27.5. The first-order valence-electron chi connectivity index (χ1n) is 11.1. The van der Waals surface area contributed by atoms with Crippen LogP contribution >= 0.6 is 31.9 Å². The number of benzene rings is 3. The zero-order valence-electron chi connectivity index (χ0n) is 20.5. The Morgan fingerprint density at radius 2 is 1.59 bits per heavy atom. The van der Waals surface area contributed by atoms with E-state index in [1.54, 1.807) is 30.3 Å². The molecule has 3 rings (SSSR count). The predicted molar refractivity (Wildman–Crippen MR) is 141 cm³/mol. The fourth-order valence-electron chi connectivity index (χ4n) is 3.93. The lowest BCUT2D eigenvalue weighted by molar-refractivity contribution is -0.138. The molecule has 3 aromatic carbocycles. The molecule has 0 fully saturated rings. The molecule has 5 nitrogen and oxygen atoms in total. The number of hydrogen-bond acceptors (Lipinski definition) is 4. The van der Waals surface area contributed by atoms with Crippen LogP contribution in [0.15, 0.2) is 57.5 Å². The minimum absolute atomic E-state index is 0.0470. The van der Waals surface area contributed by atoms with E-state index >= 15 is 0 Å². The molecule has 3 aromatic rings. The van der Waals surface area contributed by atoms with Gasteiger partial charge in [0.05, 0.1) is 28.0 Å². The lowest BCUT2D eigenvalue weighted by Gasteiger charge is -2.24. The van der Waals surface area contributed by atoms with Gasteiger partial charge in [-0.1, -0.05) is 26.0 Å². The number of carbonyl (C=O) groups is 1. The number of rotatable bonds is 9. The molecule has 0 aromatic heterocycles. The van der Waals surface area contributed by atoms with E-state index in [1.165, 1.54) is 20.3 Å². The van der Waals surface area contributed by atoms with Gasteiger partial charge in [0.1, 0.15) is 17.6 Å². The third kappa shape index (κ3) is 6.86. The summed E-state index contributed by atoms with van der Waals surface area (Å²) in [6, 6.07) is 11.7. The average molecular weight is 646 g/mol. The molecule has 1 unspecified atom stereocenters. The second kappa shape index (κ2) is 11.9. The fourth-order valence-corrected chi connectivity index (χ4v) is 5.37. The topological polar surface area (TPSA) is 65.0 Å². The van der Waals surface area contributed by atoms with E-state index in [9.17, 15) is 18.0 Å². The van der Waals surface area contributed by atoms with Gasteiger partial charge in [-0.2, -0.15) is 13.2 Å². The highest BCUT2D eigenvalue weighted by Crippen LogP contribution is 2.45. The predicted octanol–water partition coefficient (Wildman–Crippen LogP) is 8.52. The number of halogens is 5. The quantitative estimate of drug-likeness (QED) is 0.253. The molecule has 0 spiro atoms. The van der Waals surface area contributed by atoms with Crippen molar-refractivity contribution in [2.45, 2.75) is 38.5 Å². The van der Waals surface area contributed by atoms with Gasteiger partial charge in [0.25, 0.3) is 0 Å². The Balaban J connectivity index is 2.19. The molecule has 0 aliphatic carbocycles. The van der Waals surface area contributed by atoms with Crippen LogP contribution < -0.4 is 9.47 Å². The Morgan fingerprint density at radius 1 is 0.973 bits per heavy atom. The van der Waals surface area contributed by atoms with Crippen LogP contribution in [0.25, 0.3) is 0 Å². The molecular weight excluding hydrogens is 621 g/mol. The van der Waals surface area contributed by atoms with Crippen molar-refractivity contribution in [3.63, 3.8) is 0 Å². The molecule has 0 aliphatic rings. The average Bonchev–Trinajstić information content (AvgIpc) is 2.81. The third-order valence-corrected chi connectivity index (χ3v) is 6.82. The van der Waals surface area contributed by atoms with Crippen LogP contribution in [0.3, 0.4) is 0 Å². The van der Waals surface area contributed by atoms with Crippen LogP contribution in [0.2, 0.25) is 0 Å². The van der Waals surface area contributed by atoms with Gasteiger partial charge in [-0.25, -0.2) is 0 Å². The minimum atomic E-state index is -4.51. The maximum absolute atomic E-state index is 13.4. The highest BCUT2D eigenvalue weighted by molar-refractivity contribution is 9.11. The smallest absolute Gasteiger partial charge is 0.416 e. The van der Waals surface area contributed by atoms with Crippen LogP contribution in [-0.4, -0.2) is 25.3 Å². The molecule has 0 heterocycles. The molecule has 0 saturated heterocycles. The number of carboxylic acid groups (broad SMARTS) is 1. The van der Waals surface area contributed by atoms with E-state index in [-0.39, 0.29) is 17.9 Å². The molecule has 0 radical (unpaired) electrons. The largest absolute Gasteiger partial charge is 0.496 e. The number of ether oxygens (including phenoxy) is 3. The van der Waals surface area contributed by atoms with Crippen LogP contribution in [-0.2, 0) is 22.1 Å². The zero-order valence-corrected chi connectivity index (χ0v) is 23.6. The summed E-state index contributed by atoms with van der Waals surface area (Å²) in [4.78, 5) is 11.1. The Labute approximate surface area is 229 Å². The number of carboxylic acids is 1. The minimum Gasteiger partial charge on any atom is -0.496 e. The number of hydrogen-bond donors (Lipinski definition) is 1. The lowest BCUT2D eigenvalue weighted by Crippen LogP contribution is -2.10. The Bertz CT molecular complexity index is 1270. The van der Waals surface area contributed by atoms with Crippen LogP contribution in [0.4, 0.5) is 13.2 Å². The first-order chi connectivity index (χ1) is 17.3. The molecule has 198 valence electrons. The number of aliphatic carboxylic acids is 1. The summed E-state index contributed by atoms with van der Waals surface area (Å²) < 4.78 is 58.9. The standard InChI is InChI=1S/C27H25Br2F3O5/c1-14(2)18-12-23(37-26-20(28)8-15(9-21(26)29)10-24(33)34)19(13-22(18)35-3)25(36-4)16-6-5-7-17(11-16)27(30,31)32/h5-9,11-14,25H,10H2,1-4H3,(H,33,34). The van der Waals surface area contributed by atoms with Gasteiger partial charge < -0.3 is 19.3 Å². The first kappa shape index (κ1) is 29.0.